The van der Waals surface area contributed by atoms with Crippen LogP contribution in [0.15, 0.2) is 126 Å². The van der Waals surface area contributed by atoms with Crippen molar-refractivity contribution >= 4 is 93.7 Å². The minimum absolute atomic E-state index is 0.00637. The van der Waals surface area contributed by atoms with Crippen LogP contribution in [0.1, 0.15) is 161 Å². The van der Waals surface area contributed by atoms with E-state index in [2.05, 4.69) is 68.5 Å². The lowest BCUT2D eigenvalue weighted by Gasteiger charge is -2.32. The molecule has 6 rings (SSSR count). The van der Waals surface area contributed by atoms with E-state index in [4.69, 9.17) is 34.4 Å². The van der Waals surface area contributed by atoms with Gasteiger partial charge in [0.05, 0.1) is 12.6 Å². The van der Waals surface area contributed by atoms with Gasteiger partial charge in [-0.3, -0.25) is 67.3 Å². The summed E-state index contributed by atoms with van der Waals surface area (Å²) in [5.74, 6) is -11.5. The zero-order chi connectivity index (χ0) is 88.8. The number of amides is 13. The standard InChI is InChI=1S/C87H130N20O14/c1-9-54(8)73(85(120)99-65(74(91)109)43-51(2)3)106-78(113)64(37-25-41-94-87(92)93)96-76(111)62(35-21-23-39-88)97-79(114)66(44-52(4)5)100-80(115)67(46-56-29-15-11-16-30-56)101-77(112)63(36-22-24-40-89)98-83(118)70(50-108)104-81(116)68(47-57-31-17-12-18-32-57)102-82(117)69(48-58-49-95-61-34-20-19-33-59(58)61)103-84(119)71-38-26-42-107(71)86(121)72(53(6)7)105-75(110)60(90)45-55-27-13-10-14-28-55/h10-20,27-34,49,51-54,60,62-73,95,108H,9,21-26,35-48,50,88-90H2,1-8H3,(H2,91,109)(H,96,111)(H,97,114)(H,98,118)(H,99,120)(H,100,115)(H,101,112)(H,102,117)(H,103,119)(H,104,116)(H,105,110)(H,106,113)(H4,92,93,94)/t54-,60-,62-,63-,64-,65-,66+,67-,68-,69-,70-,71-,72-,73-/m0/s1. The van der Waals surface area contributed by atoms with E-state index < -0.39 is 174 Å². The van der Waals surface area contributed by atoms with Crippen LogP contribution in [0.25, 0.3) is 10.9 Å². The van der Waals surface area contributed by atoms with Gasteiger partial charge in [-0.25, -0.2) is 0 Å². The Balaban J connectivity index is 1.24. The quantitative estimate of drug-likeness (QED) is 0.0145. The molecule has 0 radical (unpaired) electrons. The number of hydrogen-bond donors (Lipinski definition) is 19. The highest BCUT2D eigenvalue weighted by Crippen LogP contribution is 2.25. The predicted octanol–water partition coefficient (Wildman–Crippen LogP) is 0.673. The zero-order valence-corrected chi connectivity index (χ0v) is 71.0. The highest BCUT2D eigenvalue weighted by atomic mass is 16.3. The number of aromatic nitrogens is 1. The first kappa shape index (κ1) is 98.5. The molecule has 0 aliphatic carbocycles. The van der Waals surface area contributed by atoms with E-state index in [9.17, 15) is 57.8 Å². The molecular formula is C87H130N20O14. The normalized spacial score (nSPS) is 15.9. The van der Waals surface area contributed by atoms with Crippen molar-refractivity contribution < 1.29 is 67.4 Å². The number of aromatic amines is 1. The van der Waals surface area contributed by atoms with E-state index in [1.165, 1.54) is 4.90 Å². The number of carbonyl (C=O) groups is 13. The number of guanidine groups is 1. The number of nitrogens with one attached hydrogen (secondary N) is 12. The van der Waals surface area contributed by atoms with E-state index in [0.29, 0.717) is 48.8 Å². The van der Waals surface area contributed by atoms with Gasteiger partial charge in [0.25, 0.3) is 0 Å². The number of benzene rings is 4. The first-order valence-electron chi connectivity index (χ1n) is 42.2. The van der Waals surface area contributed by atoms with Gasteiger partial charge in [0.2, 0.25) is 76.8 Å². The van der Waals surface area contributed by atoms with Gasteiger partial charge in [0, 0.05) is 49.5 Å². The van der Waals surface area contributed by atoms with Gasteiger partial charge in [-0.2, -0.15) is 0 Å². The van der Waals surface area contributed by atoms with Crippen LogP contribution < -0.4 is 92.9 Å². The number of para-hydroxylation sites is 1. The van der Waals surface area contributed by atoms with Gasteiger partial charge in [-0.1, -0.05) is 171 Å². The number of carbonyl (C=O) groups excluding carboxylic acids is 13. The summed E-state index contributed by atoms with van der Waals surface area (Å²) in [6.45, 7) is 14.0. The Morgan fingerprint density at radius 3 is 1.36 bits per heavy atom. The lowest BCUT2D eigenvalue weighted by molar-refractivity contribution is -0.143. The summed E-state index contributed by atoms with van der Waals surface area (Å²) >= 11 is 0. The number of H-pyrrole nitrogens is 1. The van der Waals surface area contributed by atoms with E-state index in [0.717, 1.165) is 16.5 Å². The van der Waals surface area contributed by atoms with E-state index in [1.54, 1.807) is 101 Å². The summed E-state index contributed by atoms with van der Waals surface area (Å²) < 4.78 is 0. The van der Waals surface area contributed by atoms with E-state index in [1.807, 2.05) is 75.4 Å². The number of likely N-dealkylation sites (tertiary alicyclic amines) is 1. The number of nitrogens with two attached hydrogens (primary N) is 6. The lowest BCUT2D eigenvalue weighted by Crippen LogP contribution is -2.62. The van der Waals surface area contributed by atoms with Crippen molar-refractivity contribution in [1.82, 2.24) is 68.4 Å². The second-order valence-corrected chi connectivity index (χ2v) is 32.4. The molecule has 1 fully saturated rings. The molecule has 1 saturated heterocycles. The summed E-state index contributed by atoms with van der Waals surface area (Å²) in [5, 5.41) is 42.2. The highest BCUT2D eigenvalue weighted by molar-refractivity contribution is 6.01. The molecule has 34 nitrogen and oxygen atoms in total. The number of aliphatic hydroxyl groups is 1. The molecule has 1 aliphatic rings. The number of aliphatic hydroxyl groups excluding tert-OH is 1. The average Bonchev–Trinajstić information content (AvgIpc) is 1.69. The topological polar surface area (TPSA) is 562 Å². The summed E-state index contributed by atoms with van der Waals surface area (Å²) in [7, 11) is 0. The molecule has 0 bridgehead atoms. The van der Waals surface area contributed by atoms with Crippen LogP contribution in [0.2, 0.25) is 0 Å². The molecule has 25 N–H and O–H groups in total. The Morgan fingerprint density at radius 1 is 0.463 bits per heavy atom. The Labute approximate surface area is 708 Å². The van der Waals surface area contributed by atoms with Crippen molar-refractivity contribution in [2.75, 3.05) is 32.8 Å². The molecule has 13 amide bonds. The minimum atomic E-state index is -1.78. The van der Waals surface area contributed by atoms with Gasteiger partial charge >= 0.3 is 0 Å². The molecule has 0 saturated carbocycles. The Hall–Kier alpha value is -11.4. The molecule has 0 spiro atoms. The number of unbranched alkanes of at least 4 members (excludes halogenated alkanes) is 2. The smallest absolute Gasteiger partial charge is 0.246 e. The van der Waals surface area contributed by atoms with Gasteiger partial charge < -0.3 is 108 Å². The van der Waals surface area contributed by atoms with Crippen molar-refractivity contribution in [3.63, 3.8) is 0 Å². The fourth-order valence-electron chi connectivity index (χ4n) is 14.4. The number of nitrogens with zero attached hydrogens (tertiary/aromatic N) is 2. The number of rotatable bonds is 52. The second kappa shape index (κ2) is 50.7. The third-order valence-electron chi connectivity index (χ3n) is 21.3. The second-order valence-electron chi connectivity index (χ2n) is 32.4. The molecule has 5 aromatic rings. The Kier molecular flexibility index (Phi) is 41.2. The molecule has 4 aromatic carbocycles. The van der Waals surface area contributed by atoms with Gasteiger partial charge in [0.15, 0.2) is 5.96 Å². The molecular weight excluding hydrogens is 1550 g/mol. The van der Waals surface area contributed by atoms with Crippen molar-refractivity contribution in [2.45, 2.75) is 243 Å². The molecule has 14 atom stereocenters. The van der Waals surface area contributed by atoms with Crippen LogP contribution in [0.3, 0.4) is 0 Å². The number of aliphatic imine (C=N–C) groups is 1. The predicted molar refractivity (Wildman–Crippen MR) is 462 cm³/mol. The van der Waals surface area contributed by atoms with Crippen LogP contribution >= 0.6 is 0 Å². The van der Waals surface area contributed by atoms with Crippen LogP contribution in [-0.4, -0.2) is 209 Å². The Bertz CT molecular complexity index is 4220. The minimum Gasteiger partial charge on any atom is -0.394 e. The maximum absolute atomic E-state index is 15.2. The third-order valence-corrected chi connectivity index (χ3v) is 21.3. The molecule has 1 aliphatic heterocycles. The summed E-state index contributed by atoms with van der Waals surface area (Å²) in [6, 6.07) is 16.7. The fraction of sp³-hybridized carbons (Fsp3) is 0.540. The van der Waals surface area contributed by atoms with Crippen molar-refractivity contribution in [3.05, 3.63) is 144 Å². The van der Waals surface area contributed by atoms with Crippen molar-refractivity contribution in [2.24, 2.45) is 63.1 Å². The summed E-state index contributed by atoms with van der Waals surface area (Å²) in [4.78, 5) is 197. The maximum Gasteiger partial charge on any atom is 0.246 e. The lowest BCUT2D eigenvalue weighted by atomic mass is 9.96. The van der Waals surface area contributed by atoms with E-state index >= 15 is 9.59 Å². The van der Waals surface area contributed by atoms with Crippen LogP contribution in [0, 0.1) is 23.7 Å². The van der Waals surface area contributed by atoms with Gasteiger partial charge in [0.1, 0.15) is 72.5 Å². The zero-order valence-electron chi connectivity index (χ0n) is 71.0. The van der Waals surface area contributed by atoms with Crippen LogP contribution in [0.5, 0.6) is 0 Å². The number of primary amides is 1. The molecule has 34 heteroatoms. The first-order valence-corrected chi connectivity index (χ1v) is 42.2. The van der Waals surface area contributed by atoms with Crippen molar-refractivity contribution in [1.29, 1.82) is 0 Å². The summed E-state index contributed by atoms with van der Waals surface area (Å²) in [5.41, 5.74) is 38.4. The fourth-order valence-corrected chi connectivity index (χ4v) is 14.4. The number of fused-ring (bicyclic) bond motifs is 1. The molecule has 662 valence electrons. The average molecular weight is 1680 g/mol. The van der Waals surface area contributed by atoms with Crippen molar-refractivity contribution in [3.8, 4) is 0 Å². The van der Waals surface area contributed by atoms with Crippen LogP contribution in [-0.2, 0) is 88.0 Å². The molecule has 2 heterocycles. The largest absolute Gasteiger partial charge is 0.394 e. The Morgan fingerprint density at radius 2 is 0.876 bits per heavy atom. The van der Waals surface area contributed by atoms with Crippen LogP contribution in [0.4, 0.5) is 0 Å². The van der Waals surface area contributed by atoms with Gasteiger partial charge in [-0.15, -0.1) is 0 Å². The monoisotopic (exact) mass is 1680 g/mol. The summed E-state index contributed by atoms with van der Waals surface area (Å²) in [6.07, 6.45) is 4.16. The highest BCUT2D eigenvalue weighted by Gasteiger charge is 2.42. The molecule has 0 unspecified atom stereocenters. The van der Waals surface area contributed by atoms with Gasteiger partial charge in [-0.05, 0) is 149 Å². The maximum atomic E-state index is 15.2. The third kappa shape index (κ3) is 32.3. The van der Waals surface area contributed by atoms with E-state index in [-0.39, 0.29) is 121 Å². The first-order chi connectivity index (χ1) is 57.7. The number of hydrogen-bond acceptors (Lipinski definition) is 18. The SMILES string of the molecule is CC[C@H](C)[C@H](NC(=O)[C@H](CCCN=C(N)N)NC(=O)[C@H](CCCCN)NC(=O)[C@@H](CC(C)C)NC(=O)[C@H](Cc1ccccc1)NC(=O)[C@H](CCCCN)NC(=O)[C@H](CO)NC(=O)[C@H](Cc1ccccc1)NC(=O)[C@H](Cc1c[nH]c2ccccc12)NC(=O)[C@@H]1CCCN1C(=O)[C@@H](NC(=O)[C@@H](N)Cc1ccccc1)C(C)C)C(=O)N[C@@H](CC(C)C)C(N)=O. The molecule has 121 heavy (non-hydrogen) atoms. The molecule has 1 aromatic heterocycles.